The van der Waals surface area contributed by atoms with Gasteiger partial charge in [-0.05, 0) is 73.6 Å². The zero-order valence-corrected chi connectivity index (χ0v) is 17.3. The normalized spacial score (nSPS) is 17.1. The van der Waals surface area contributed by atoms with Crippen molar-refractivity contribution < 1.29 is 9.31 Å². The first-order chi connectivity index (χ1) is 13.8. The van der Waals surface area contributed by atoms with Crippen LogP contribution in [0.2, 0.25) is 0 Å². The maximum atomic E-state index is 9.09. The first-order valence-corrected chi connectivity index (χ1v) is 9.86. The van der Waals surface area contributed by atoms with Gasteiger partial charge in [-0.25, -0.2) is 0 Å². The van der Waals surface area contributed by atoms with Crippen LogP contribution >= 0.6 is 0 Å². The molecule has 0 atom stereocenters. The molecule has 0 spiro atoms. The van der Waals surface area contributed by atoms with Crippen LogP contribution in [0.3, 0.4) is 0 Å². The Morgan fingerprint density at radius 2 is 1.21 bits per heavy atom. The van der Waals surface area contributed by atoms with Crippen LogP contribution in [0.25, 0.3) is 22.3 Å². The Morgan fingerprint density at radius 3 is 1.72 bits per heavy atom. The molecular formula is C25H24BNO2. The molecule has 144 valence electrons. The summed E-state index contributed by atoms with van der Waals surface area (Å²) in [5.41, 5.74) is 5.23. The average Bonchev–Trinajstić information content (AvgIpc) is 2.95. The predicted molar refractivity (Wildman–Crippen MR) is 118 cm³/mol. The molecule has 4 heteroatoms. The van der Waals surface area contributed by atoms with Crippen molar-refractivity contribution in [3.05, 3.63) is 78.4 Å². The molecule has 1 aliphatic rings. The number of nitrogens with zero attached hydrogens (tertiary/aromatic N) is 1. The molecule has 1 fully saturated rings. The fourth-order valence-corrected chi connectivity index (χ4v) is 3.47. The fourth-order valence-electron chi connectivity index (χ4n) is 3.47. The average molecular weight is 381 g/mol. The van der Waals surface area contributed by atoms with Crippen LogP contribution in [0.15, 0.2) is 72.8 Å². The number of hydrogen-bond donors (Lipinski definition) is 0. The van der Waals surface area contributed by atoms with Crippen LogP contribution in [-0.4, -0.2) is 18.3 Å². The van der Waals surface area contributed by atoms with Crippen molar-refractivity contribution >= 4 is 12.6 Å². The highest BCUT2D eigenvalue weighted by molar-refractivity contribution is 6.62. The lowest BCUT2D eigenvalue weighted by atomic mass is 9.76. The van der Waals surface area contributed by atoms with Gasteiger partial charge >= 0.3 is 7.12 Å². The van der Waals surface area contributed by atoms with E-state index in [2.05, 4.69) is 64.1 Å². The summed E-state index contributed by atoms with van der Waals surface area (Å²) in [6, 6.07) is 26.6. The van der Waals surface area contributed by atoms with Crippen LogP contribution in [0.5, 0.6) is 0 Å². The second-order valence-corrected chi connectivity index (χ2v) is 8.49. The molecular weight excluding hydrogens is 357 g/mol. The largest absolute Gasteiger partial charge is 0.494 e. The minimum Gasteiger partial charge on any atom is -0.399 e. The van der Waals surface area contributed by atoms with Gasteiger partial charge in [-0.3, -0.25) is 0 Å². The second-order valence-electron chi connectivity index (χ2n) is 8.49. The van der Waals surface area contributed by atoms with Crippen LogP contribution in [-0.2, 0) is 9.31 Å². The third-order valence-electron chi connectivity index (χ3n) is 5.94. The molecule has 3 nitrogen and oxygen atoms in total. The first-order valence-electron chi connectivity index (χ1n) is 9.86. The van der Waals surface area contributed by atoms with Crippen molar-refractivity contribution in [1.82, 2.24) is 0 Å². The topological polar surface area (TPSA) is 42.2 Å². The SMILES string of the molecule is CC1(C)OB(c2cc(-c3ccccc3)cc(-c3ccc(C#N)cc3)c2)OC1(C)C. The van der Waals surface area contributed by atoms with E-state index in [-0.39, 0.29) is 0 Å². The van der Waals surface area contributed by atoms with Crippen LogP contribution in [0, 0.1) is 11.3 Å². The van der Waals surface area contributed by atoms with Gasteiger partial charge in [0.25, 0.3) is 0 Å². The molecule has 3 aromatic carbocycles. The highest BCUT2D eigenvalue weighted by atomic mass is 16.7. The highest BCUT2D eigenvalue weighted by Crippen LogP contribution is 2.37. The van der Waals surface area contributed by atoms with Crippen molar-refractivity contribution in [3.8, 4) is 28.3 Å². The minimum atomic E-state index is -0.430. The maximum absolute atomic E-state index is 9.09. The molecule has 4 rings (SSSR count). The van der Waals surface area contributed by atoms with E-state index in [0.29, 0.717) is 5.56 Å². The lowest BCUT2D eigenvalue weighted by molar-refractivity contribution is 0.00578. The summed E-state index contributed by atoms with van der Waals surface area (Å²) < 4.78 is 12.6. The Balaban J connectivity index is 1.82. The molecule has 29 heavy (non-hydrogen) atoms. The van der Waals surface area contributed by atoms with Crippen LogP contribution < -0.4 is 5.46 Å². The molecule has 0 unspecified atom stereocenters. The number of benzene rings is 3. The zero-order valence-electron chi connectivity index (χ0n) is 17.3. The molecule has 1 aliphatic heterocycles. The Kier molecular flexibility index (Phi) is 4.82. The molecule has 0 aliphatic carbocycles. The molecule has 0 bridgehead atoms. The van der Waals surface area contributed by atoms with E-state index < -0.39 is 18.3 Å². The summed E-state index contributed by atoms with van der Waals surface area (Å²) in [6.07, 6.45) is 0. The van der Waals surface area contributed by atoms with Gasteiger partial charge in [0.1, 0.15) is 0 Å². The van der Waals surface area contributed by atoms with Gasteiger partial charge in [0.15, 0.2) is 0 Å². The molecule has 1 saturated heterocycles. The summed E-state index contributed by atoms with van der Waals surface area (Å²) in [5, 5.41) is 9.09. The van der Waals surface area contributed by atoms with Gasteiger partial charge in [-0.15, -0.1) is 0 Å². The Hall–Kier alpha value is -2.87. The Bertz CT molecular complexity index is 1050. The molecule has 0 aromatic heterocycles. The summed E-state index contributed by atoms with van der Waals surface area (Å²) in [5.74, 6) is 0. The summed E-state index contributed by atoms with van der Waals surface area (Å²) in [6.45, 7) is 8.26. The van der Waals surface area contributed by atoms with E-state index in [1.54, 1.807) is 0 Å². The predicted octanol–water partition coefficient (Wildman–Crippen LogP) is 5.19. The van der Waals surface area contributed by atoms with E-state index >= 15 is 0 Å². The minimum absolute atomic E-state index is 0.394. The summed E-state index contributed by atoms with van der Waals surface area (Å²) in [7, 11) is -0.430. The van der Waals surface area contributed by atoms with Gasteiger partial charge in [-0.2, -0.15) is 5.26 Å². The number of hydrogen-bond acceptors (Lipinski definition) is 3. The zero-order chi connectivity index (χ0) is 20.6. The first kappa shape index (κ1) is 19.5. The van der Waals surface area contributed by atoms with Crippen molar-refractivity contribution in [3.63, 3.8) is 0 Å². The Labute approximate surface area is 173 Å². The van der Waals surface area contributed by atoms with E-state index in [1.807, 2.05) is 42.5 Å². The van der Waals surface area contributed by atoms with E-state index in [0.717, 1.165) is 27.7 Å². The smallest absolute Gasteiger partial charge is 0.399 e. The van der Waals surface area contributed by atoms with E-state index in [1.165, 1.54) is 0 Å². The third kappa shape index (κ3) is 3.72. The summed E-state index contributed by atoms with van der Waals surface area (Å²) in [4.78, 5) is 0. The van der Waals surface area contributed by atoms with Crippen molar-refractivity contribution in [2.45, 2.75) is 38.9 Å². The Morgan fingerprint density at radius 1 is 0.690 bits per heavy atom. The van der Waals surface area contributed by atoms with Gasteiger partial charge < -0.3 is 9.31 Å². The lowest BCUT2D eigenvalue weighted by Crippen LogP contribution is -2.41. The molecule has 0 amide bonds. The number of nitriles is 1. The van der Waals surface area contributed by atoms with Gasteiger partial charge in [0, 0.05) is 0 Å². The van der Waals surface area contributed by atoms with Crippen LogP contribution in [0.1, 0.15) is 33.3 Å². The van der Waals surface area contributed by atoms with Gasteiger partial charge in [-0.1, -0.05) is 54.6 Å². The van der Waals surface area contributed by atoms with Crippen LogP contribution in [0.4, 0.5) is 0 Å². The molecule has 0 N–H and O–H groups in total. The molecule has 1 heterocycles. The van der Waals surface area contributed by atoms with Gasteiger partial charge in [0.2, 0.25) is 0 Å². The quantitative estimate of drug-likeness (QED) is 0.587. The van der Waals surface area contributed by atoms with Crippen molar-refractivity contribution in [1.29, 1.82) is 5.26 Å². The lowest BCUT2D eigenvalue weighted by Gasteiger charge is -2.32. The van der Waals surface area contributed by atoms with Crippen molar-refractivity contribution in [2.24, 2.45) is 0 Å². The fraction of sp³-hybridized carbons (Fsp3) is 0.240. The third-order valence-corrected chi connectivity index (χ3v) is 5.94. The number of rotatable bonds is 3. The second kappa shape index (κ2) is 7.19. The molecule has 3 aromatic rings. The molecule has 0 radical (unpaired) electrons. The standard InChI is InChI=1S/C25H24BNO2/c1-24(2)25(3,4)29-26(28-24)23-15-21(19-8-6-5-7-9-19)14-22(16-23)20-12-10-18(17-27)11-13-20/h5-16H,1-4H3. The van der Waals surface area contributed by atoms with E-state index in [9.17, 15) is 0 Å². The maximum Gasteiger partial charge on any atom is 0.494 e. The van der Waals surface area contributed by atoms with Gasteiger partial charge in [0.05, 0.1) is 22.8 Å². The van der Waals surface area contributed by atoms with E-state index in [4.69, 9.17) is 14.6 Å². The summed E-state index contributed by atoms with van der Waals surface area (Å²) >= 11 is 0. The highest BCUT2D eigenvalue weighted by Gasteiger charge is 2.51. The monoisotopic (exact) mass is 381 g/mol. The van der Waals surface area contributed by atoms with Crippen molar-refractivity contribution in [2.75, 3.05) is 0 Å². The molecule has 0 saturated carbocycles.